The Kier molecular flexibility index (Phi) is 5.92. The van der Waals surface area contributed by atoms with Gasteiger partial charge in [0.15, 0.2) is 0 Å². The van der Waals surface area contributed by atoms with Crippen molar-refractivity contribution in [2.75, 3.05) is 6.54 Å². The molecule has 0 spiro atoms. The first-order valence-electron chi connectivity index (χ1n) is 4.21. The Hall–Kier alpha value is -1.06. The third-order valence-electron chi connectivity index (χ3n) is 1.96. The summed E-state index contributed by atoms with van der Waals surface area (Å²) < 4.78 is 0. The van der Waals surface area contributed by atoms with Gasteiger partial charge in [0.25, 0.3) is 0 Å². The molecule has 0 aliphatic heterocycles. The minimum atomic E-state index is -0.827. The first-order chi connectivity index (χ1) is 6.24. The predicted molar refractivity (Wildman–Crippen MR) is 57.6 cm³/mol. The molecule has 0 saturated heterocycles. The molecule has 0 unspecified atom stereocenters. The third-order valence-corrected chi connectivity index (χ3v) is 1.96. The Bertz CT molecular complexity index is 277. The van der Waals surface area contributed by atoms with Crippen molar-refractivity contribution in [1.82, 2.24) is 0 Å². The van der Waals surface area contributed by atoms with Crippen molar-refractivity contribution < 1.29 is 9.90 Å². The van der Waals surface area contributed by atoms with Gasteiger partial charge in [-0.1, -0.05) is 30.3 Å². The van der Waals surface area contributed by atoms with E-state index in [4.69, 9.17) is 10.8 Å². The number of hydrogen-bond donors (Lipinski definition) is 2. The molecule has 0 amide bonds. The third kappa shape index (κ3) is 3.77. The van der Waals surface area contributed by atoms with Crippen LogP contribution in [-0.4, -0.2) is 17.6 Å². The molecule has 3 nitrogen and oxygen atoms in total. The van der Waals surface area contributed by atoms with E-state index in [0.29, 0.717) is 6.42 Å². The molecule has 0 aromatic heterocycles. The molecule has 4 heteroatoms. The molecule has 3 N–H and O–H groups in total. The summed E-state index contributed by atoms with van der Waals surface area (Å²) in [5.74, 6) is -1.30. The molecule has 0 aliphatic rings. The Labute approximate surface area is 89.3 Å². The second kappa shape index (κ2) is 6.40. The molecule has 1 aromatic carbocycles. The zero-order chi connectivity index (χ0) is 9.68. The molecule has 0 fully saturated rings. The van der Waals surface area contributed by atoms with E-state index in [2.05, 4.69) is 0 Å². The van der Waals surface area contributed by atoms with E-state index in [1.807, 2.05) is 30.3 Å². The maximum absolute atomic E-state index is 10.7. The van der Waals surface area contributed by atoms with E-state index in [0.717, 1.165) is 5.56 Å². The molecule has 1 aromatic rings. The average Bonchev–Trinajstić information content (AvgIpc) is 2.15. The van der Waals surface area contributed by atoms with E-state index < -0.39 is 11.9 Å². The summed E-state index contributed by atoms with van der Waals surface area (Å²) in [4.78, 5) is 10.7. The first-order valence-corrected chi connectivity index (χ1v) is 4.21. The fraction of sp³-hybridized carbons (Fsp3) is 0.300. The highest BCUT2D eigenvalue weighted by Crippen LogP contribution is 2.07. The SMILES string of the molecule is Cl.NC[C@H](Cc1ccccc1)C(=O)O. The molecule has 0 bridgehead atoms. The van der Waals surface area contributed by atoms with Crippen LogP contribution in [0.2, 0.25) is 0 Å². The molecule has 78 valence electrons. The van der Waals surface area contributed by atoms with Crippen molar-refractivity contribution >= 4 is 18.4 Å². The lowest BCUT2D eigenvalue weighted by Crippen LogP contribution is -2.25. The predicted octanol–water partition coefficient (Wildman–Crippen LogP) is 1.31. The van der Waals surface area contributed by atoms with Crippen molar-refractivity contribution in [2.45, 2.75) is 6.42 Å². The van der Waals surface area contributed by atoms with Gasteiger partial charge in [-0.25, -0.2) is 0 Å². The molecule has 1 atom stereocenters. The number of rotatable bonds is 4. The van der Waals surface area contributed by atoms with Gasteiger partial charge in [-0.2, -0.15) is 0 Å². The fourth-order valence-electron chi connectivity index (χ4n) is 1.17. The van der Waals surface area contributed by atoms with E-state index >= 15 is 0 Å². The second-order valence-electron chi connectivity index (χ2n) is 2.96. The van der Waals surface area contributed by atoms with Gasteiger partial charge >= 0.3 is 5.97 Å². The number of carboxylic acid groups (broad SMARTS) is 1. The zero-order valence-electron chi connectivity index (χ0n) is 7.72. The molecular weight excluding hydrogens is 202 g/mol. The van der Waals surface area contributed by atoms with Crippen LogP contribution < -0.4 is 5.73 Å². The Morgan fingerprint density at radius 1 is 1.36 bits per heavy atom. The Morgan fingerprint density at radius 3 is 2.36 bits per heavy atom. The fourth-order valence-corrected chi connectivity index (χ4v) is 1.17. The summed E-state index contributed by atoms with van der Waals surface area (Å²) >= 11 is 0. The van der Waals surface area contributed by atoms with Gasteiger partial charge in [0.2, 0.25) is 0 Å². The minimum Gasteiger partial charge on any atom is -0.481 e. The van der Waals surface area contributed by atoms with E-state index in [-0.39, 0.29) is 19.0 Å². The van der Waals surface area contributed by atoms with E-state index in [1.165, 1.54) is 0 Å². The van der Waals surface area contributed by atoms with Gasteiger partial charge in [0.05, 0.1) is 5.92 Å². The maximum atomic E-state index is 10.7. The van der Waals surface area contributed by atoms with Gasteiger partial charge in [0, 0.05) is 6.54 Å². The van der Waals surface area contributed by atoms with Crippen molar-refractivity contribution in [2.24, 2.45) is 11.7 Å². The van der Waals surface area contributed by atoms with E-state index in [1.54, 1.807) is 0 Å². The Morgan fingerprint density at radius 2 is 1.93 bits per heavy atom. The first kappa shape index (κ1) is 12.9. The highest BCUT2D eigenvalue weighted by molar-refractivity contribution is 5.85. The minimum absolute atomic E-state index is 0. The monoisotopic (exact) mass is 215 g/mol. The number of carboxylic acids is 1. The van der Waals surface area contributed by atoms with E-state index in [9.17, 15) is 4.79 Å². The average molecular weight is 216 g/mol. The molecular formula is C10H14ClNO2. The summed E-state index contributed by atoms with van der Waals surface area (Å²) in [6.45, 7) is 0.185. The summed E-state index contributed by atoms with van der Waals surface area (Å²) in [6.07, 6.45) is 0.507. The second-order valence-corrected chi connectivity index (χ2v) is 2.96. The number of benzene rings is 1. The number of halogens is 1. The van der Waals surface area contributed by atoms with Crippen molar-refractivity contribution in [3.8, 4) is 0 Å². The summed E-state index contributed by atoms with van der Waals surface area (Å²) in [7, 11) is 0. The van der Waals surface area contributed by atoms with Crippen molar-refractivity contribution in [3.05, 3.63) is 35.9 Å². The normalized spacial score (nSPS) is 11.5. The highest BCUT2D eigenvalue weighted by atomic mass is 35.5. The van der Waals surface area contributed by atoms with Gasteiger partial charge in [-0.3, -0.25) is 4.79 Å². The standard InChI is InChI=1S/C10H13NO2.ClH/c11-7-9(10(12)13)6-8-4-2-1-3-5-8;/h1-5,9H,6-7,11H2,(H,12,13);1H/t9-;/m0./s1. The summed E-state index contributed by atoms with van der Waals surface area (Å²) in [5.41, 5.74) is 6.35. The van der Waals surface area contributed by atoms with Gasteiger partial charge in [0.1, 0.15) is 0 Å². The Balaban J connectivity index is 0.00000169. The zero-order valence-corrected chi connectivity index (χ0v) is 8.54. The largest absolute Gasteiger partial charge is 0.481 e. The van der Waals surface area contributed by atoms with Crippen molar-refractivity contribution in [3.63, 3.8) is 0 Å². The van der Waals surface area contributed by atoms with Crippen LogP contribution in [0.15, 0.2) is 30.3 Å². The van der Waals surface area contributed by atoms with Crippen LogP contribution in [0.5, 0.6) is 0 Å². The van der Waals surface area contributed by atoms with Crippen LogP contribution in [0, 0.1) is 5.92 Å². The lowest BCUT2D eigenvalue weighted by atomic mass is 10.00. The smallest absolute Gasteiger partial charge is 0.308 e. The molecule has 1 rings (SSSR count). The van der Waals surface area contributed by atoms with Crippen LogP contribution in [0.3, 0.4) is 0 Å². The quantitative estimate of drug-likeness (QED) is 0.796. The summed E-state index contributed by atoms with van der Waals surface area (Å²) in [6, 6.07) is 9.51. The van der Waals surface area contributed by atoms with Gasteiger partial charge in [-0.15, -0.1) is 12.4 Å². The number of aliphatic carboxylic acids is 1. The lowest BCUT2D eigenvalue weighted by Gasteiger charge is -2.08. The molecule has 14 heavy (non-hydrogen) atoms. The molecule has 0 saturated carbocycles. The summed E-state index contributed by atoms with van der Waals surface area (Å²) in [5, 5.41) is 8.75. The van der Waals surface area contributed by atoms with Crippen LogP contribution in [0.4, 0.5) is 0 Å². The molecule has 0 heterocycles. The number of hydrogen-bond acceptors (Lipinski definition) is 2. The van der Waals surface area contributed by atoms with Gasteiger partial charge in [-0.05, 0) is 12.0 Å². The maximum Gasteiger partial charge on any atom is 0.308 e. The van der Waals surface area contributed by atoms with Crippen LogP contribution >= 0.6 is 12.4 Å². The topological polar surface area (TPSA) is 63.3 Å². The molecule has 0 aliphatic carbocycles. The number of carbonyl (C=O) groups is 1. The van der Waals surface area contributed by atoms with Crippen LogP contribution in [0.25, 0.3) is 0 Å². The van der Waals surface area contributed by atoms with Crippen LogP contribution in [0.1, 0.15) is 5.56 Å². The van der Waals surface area contributed by atoms with Crippen molar-refractivity contribution in [1.29, 1.82) is 0 Å². The number of nitrogens with two attached hydrogens (primary N) is 1. The van der Waals surface area contributed by atoms with Gasteiger partial charge < -0.3 is 10.8 Å². The highest BCUT2D eigenvalue weighted by Gasteiger charge is 2.15. The molecule has 0 radical (unpaired) electrons. The van der Waals surface area contributed by atoms with Crippen LogP contribution in [-0.2, 0) is 11.2 Å². The lowest BCUT2D eigenvalue weighted by molar-refractivity contribution is -0.141.